The monoisotopic (exact) mass is 853 g/mol. The molecule has 0 saturated carbocycles. The van der Waals surface area contributed by atoms with Crippen LogP contribution in [0, 0.1) is 0 Å². The van der Waals surface area contributed by atoms with Crippen LogP contribution < -0.4 is 42.6 Å². The van der Waals surface area contributed by atoms with Gasteiger partial charge in [0.15, 0.2) is 17.0 Å². The van der Waals surface area contributed by atoms with Crippen LogP contribution in [0.1, 0.15) is 32.1 Å². The normalized spacial score (nSPS) is 14.6. The van der Waals surface area contributed by atoms with Crippen molar-refractivity contribution in [2.24, 2.45) is 16.5 Å². The largest absolute Gasteiger partial charge is 0.481 e. The second kappa shape index (κ2) is 22.5. The summed E-state index contributed by atoms with van der Waals surface area (Å²) in [4.78, 5) is 104. The lowest BCUT2D eigenvalue weighted by atomic mass is 10.0. The van der Waals surface area contributed by atoms with Gasteiger partial charge in [-0.15, -0.1) is 0 Å². The number of rotatable bonds is 22. The molecule has 0 bridgehead atoms. The number of nitrogens with one attached hydrogen (secondary N) is 4. The zero-order valence-electron chi connectivity index (χ0n) is 33.0. The number of aliphatic hydroxyl groups excluding tert-OH is 1. The molecule has 2 aromatic carbocycles. The number of benzene rings is 2. The number of hydrogen-bond donors (Lipinski definition) is 9. The predicted molar refractivity (Wildman–Crippen MR) is 216 cm³/mol. The molecule has 0 aliphatic carbocycles. The summed E-state index contributed by atoms with van der Waals surface area (Å²) in [6, 6.07) is 11.3. The van der Waals surface area contributed by atoms with Crippen LogP contribution in [0.25, 0.3) is 22.1 Å². The molecule has 1 aromatic heterocycles. The highest BCUT2D eigenvalue weighted by Gasteiger charge is 2.38. The standard InChI is InChI=1S/C39H48N8O14/c40-39(41)42-13-5-10-26(36(55)43-20-31(51)45-27(18-33(52)53)37(56)46-28(21-48)38(57)58)44-30(50)11-12-34(54)60-22-47(14-16-59-17-15-47)32-19-29(49)25-9-4-8-24(35(25)61-32)23-6-2-1-3-7-23/h1-4,6-9,19,26-28,48H,5,10-18,20-22H2,(H9-,40,41,42,43,44,45,46,50,51,52,53,55,56,57,58)/p+1/t26-,27-,28-/m0/s1. The minimum absolute atomic E-state index is 0.0345. The van der Waals surface area contributed by atoms with Gasteiger partial charge in [0.1, 0.15) is 31.2 Å². The van der Waals surface area contributed by atoms with Crippen LogP contribution >= 0.6 is 0 Å². The van der Waals surface area contributed by atoms with Crippen molar-refractivity contribution >= 4 is 64.3 Å². The smallest absolute Gasteiger partial charge is 0.328 e. The summed E-state index contributed by atoms with van der Waals surface area (Å²) in [5.41, 5.74) is 12.4. The van der Waals surface area contributed by atoms with E-state index in [1.54, 1.807) is 12.1 Å². The van der Waals surface area contributed by atoms with E-state index in [-0.39, 0.29) is 61.1 Å². The van der Waals surface area contributed by atoms with Crippen molar-refractivity contribution in [2.45, 2.75) is 50.2 Å². The van der Waals surface area contributed by atoms with Crippen molar-refractivity contribution in [1.82, 2.24) is 25.8 Å². The maximum Gasteiger partial charge on any atom is 0.328 e. The molecule has 0 spiro atoms. The summed E-state index contributed by atoms with van der Waals surface area (Å²) in [5, 5.41) is 36.6. The first kappa shape index (κ1) is 46.8. The van der Waals surface area contributed by atoms with Gasteiger partial charge in [0.05, 0.1) is 50.7 Å². The molecule has 4 rings (SSSR count). The Hall–Kier alpha value is -6.91. The molecule has 61 heavy (non-hydrogen) atoms. The molecule has 3 atom stereocenters. The van der Waals surface area contributed by atoms with Gasteiger partial charge in [-0.1, -0.05) is 42.5 Å². The highest BCUT2D eigenvalue weighted by molar-refractivity contribution is 5.95. The second-order valence-electron chi connectivity index (χ2n) is 13.9. The van der Waals surface area contributed by atoms with Crippen LogP contribution in [0.4, 0.5) is 5.88 Å². The maximum absolute atomic E-state index is 13.4. The number of esters is 1. The Morgan fingerprint density at radius 2 is 1.56 bits per heavy atom. The van der Waals surface area contributed by atoms with E-state index >= 15 is 0 Å². The van der Waals surface area contributed by atoms with Gasteiger partial charge in [0.25, 0.3) is 0 Å². The quantitative estimate of drug-likeness (QED) is 0.0178. The van der Waals surface area contributed by atoms with Crippen LogP contribution in [0.15, 0.2) is 68.8 Å². The van der Waals surface area contributed by atoms with E-state index in [9.17, 15) is 48.6 Å². The molecular formula is C39H49N8O14+. The highest BCUT2D eigenvalue weighted by atomic mass is 16.6. The van der Waals surface area contributed by atoms with Crippen molar-refractivity contribution in [3.63, 3.8) is 0 Å². The van der Waals surface area contributed by atoms with Crippen LogP contribution in [0.5, 0.6) is 0 Å². The van der Waals surface area contributed by atoms with E-state index in [0.717, 1.165) is 5.56 Å². The van der Waals surface area contributed by atoms with Crippen LogP contribution in [0.2, 0.25) is 0 Å². The van der Waals surface area contributed by atoms with E-state index in [1.165, 1.54) is 6.07 Å². The molecule has 4 amide bonds. The van der Waals surface area contributed by atoms with Crippen molar-refractivity contribution in [1.29, 1.82) is 0 Å². The van der Waals surface area contributed by atoms with E-state index in [2.05, 4.69) is 20.9 Å². The number of aliphatic imine (C=N–C) groups is 1. The van der Waals surface area contributed by atoms with Crippen molar-refractivity contribution in [2.75, 3.05) is 52.7 Å². The van der Waals surface area contributed by atoms with E-state index in [4.69, 9.17) is 30.5 Å². The Kier molecular flexibility index (Phi) is 17.2. The van der Waals surface area contributed by atoms with Gasteiger partial charge in [0, 0.05) is 18.5 Å². The van der Waals surface area contributed by atoms with E-state index in [0.29, 0.717) is 29.6 Å². The zero-order chi connectivity index (χ0) is 44.5. The molecule has 0 unspecified atom stereocenters. The number of carbonyl (C=O) groups is 7. The maximum atomic E-state index is 13.4. The number of para-hydroxylation sites is 1. The number of amides is 4. The third-order valence-electron chi connectivity index (χ3n) is 9.50. The summed E-state index contributed by atoms with van der Waals surface area (Å²) < 4.78 is 17.6. The van der Waals surface area contributed by atoms with Crippen molar-refractivity contribution < 1.29 is 62.8 Å². The average Bonchev–Trinajstić information content (AvgIpc) is 3.24. The average molecular weight is 854 g/mol. The number of morpholine rings is 1. The molecule has 3 aromatic rings. The first-order valence-corrected chi connectivity index (χ1v) is 19.1. The van der Waals surface area contributed by atoms with Crippen LogP contribution in [-0.2, 0) is 43.0 Å². The molecule has 11 N–H and O–H groups in total. The van der Waals surface area contributed by atoms with Gasteiger partial charge >= 0.3 is 23.8 Å². The number of nitrogens with zero attached hydrogens (tertiary/aromatic N) is 2. The number of guanidine groups is 1. The molecule has 22 nitrogen and oxygen atoms in total. The van der Waals surface area contributed by atoms with E-state index < -0.39 is 92.1 Å². The summed E-state index contributed by atoms with van der Waals surface area (Å²) in [6.07, 6.45) is -1.63. The number of aliphatic carboxylic acids is 2. The minimum Gasteiger partial charge on any atom is -0.481 e. The fourth-order valence-corrected chi connectivity index (χ4v) is 6.25. The number of ether oxygens (including phenoxy) is 2. The Balaban J connectivity index is 1.38. The number of hydrogen-bond acceptors (Lipinski definition) is 13. The minimum atomic E-state index is -1.78. The third-order valence-corrected chi connectivity index (χ3v) is 9.50. The first-order chi connectivity index (χ1) is 29.1. The highest BCUT2D eigenvalue weighted by Crippen LogP contribution is 2.33. The second-order valence-corrected chi connectivity index (χ2v) is 13.9. The first-order valence-electron chi connectivity index (χ1n) is 19.1. The van der Waals surface area contributed by atoms with Gasteiger partial charge in [0.2, 0.25) is 30.4 Å². The molecule has 1 aliphatic rings. The summed E-state index contributed by atoms with van der Waals surface area (Å²) >= 11 is 0. The molecule has 1 aliphatic heterocycles. The topological polar surface area (TPSA) is 341 Å². The van der Waals surface area contributed by atoms with Crippen molar-refractivity contribution in [3.05, 3.63) is 64.8 Å². The predicted octanol–water partition coefficient (Wildman–Crippen LogP) is -1.75. The molecule has 1 fully saturated rings. The number of nitrogens with two attached hydrogens (primary N) is 2. The lowest BCUT2D eigenvalue weighted by Gasteiger charge is -2.37. The summed E-state index contributed by atoms with van der Waals surface area (Å²) in [6.45, 7) is -0.783. The van der Waals surface area contributed by atoms with Gasteiger partial charge < -0.3 is 61.9 Å². The fourth-order valence-electron chi connectivity index (χ4n) is 6.25. The van der Waals surface area contributed by atoms with Crippen LogP contribution in [-0.4, -0.2) is 134 Å². The lowest BCUT2D eigenvalue weighted by Crippen LogP contribution is -2.58. The molecule has 1 saturated heterocycles. The number of quaternary nitrogens is 1. The Morgan fingerprint density at radius 1 is 0.852 bits per heavy atom. The van der Waals surface area contributed by atoms with E-state index in [1.807, 2.05) is 41.7 Å². The molecule has 2 heterocycles. The van der Waals surface area contributed by atoms with Gasteiger partial charge in [-0.3, -0.25) is 38.6 Å². The Bertz CT molecular complexity index is 2150. The fraction of sp³-hybridized carbons (Fsp3) is 0.410. The zero-order valence-corrected chi connectivity index (χ0v) is 33.0. The Morgan fingerprint density at radius 3 is 2.21 bits per heavy atom. The molecule has 22 heteroatoms. The van der Waals surface area contributed by atoms with Gasteiger partial charge in [-0.25, -0.2) is 9.28 Å². The number of carboxylic acid groups (broad SMARTS) is 2. The molecule has 0 radical (unpaired) electrons. The van der Waals surface area contributed by atoms with Crippen molar-refractivity contribution in [3.8, 4) is 11.1 Å². The summed E-state index contributed by atoms with van der Waals surface area (Å²) in [5.74, 6) is -7.69. The molecule has 328 valence electrons. The molecular weight excluding hydrogens is 804 g/mol. The number of fused-ring (bicyclic) bond motifs is 1. The van der Waals surface area contributed by atoms with Gasteiger partial charge in [-0.05, 0) is 24.5 Å². The lowest BCUT2D eigenvalue weighted by molar-refractivity contribution is -0.151. The third kappa shape index (κ3) is 13.8. The Labute approximate surface area is 347 Å². The number of carboxylic acids is 2. The van der Waals surface area contributed by atoms with Gasteiger partial charge in [-0.2, -0.15) is 0 Å². The summed E-state index contributed by atoms with van der Waals surface area (Å²) in [7, 11) is 0. The SMILES string of the molecule is NC(N)=NCCC[C@H](NC(=O)CCC(=O)OC[N+]1(c2cc(=O)c3cccc(-c4ccccc4)c3o2)CCOCC1)C(=O)NCC(=O)N[C@@H](CC(=O)O)C(=O)N[C@@H](CO)C(=O)O. The van der Waals surface area contributed by atoms with Crippen LogP contribution in [0.3, 0.4) is 0 Å². The number of aliphatic hydroxyl groups is 1. The number of carbonyl (C=O) groups excluding carboxylic acids is 5.